The van der Waals surface area contributed by atoms with Crippen molar-refractivity contribution in [1.82, 2.24) is 4.90 Å². The Balaban J connectivity index is 1.95. The second-order valence-electron chi connectivity index (χ2n) is 7.48. The monoisotopic (exact) mass is 359 g/mol. The van der Waals surface area contributed by atoms with Gasteiger partial charge in [-0.3, -0.25) is 9.59 Å². The summed E-state index contributed by atoms with van der Waals surface area (Å²) in [6.45, 7) is 3.31. The number of nitrogens with zero attached hydrogens (tertiary/aromatic N) is 1. The smallest absolute Gasteiger partial charge is 0.418 e. The van der Waals surface area contributed by atoms with E-state index < -0.39 is 29.8 Å². The summed E-state index contributed by atoms with van der Waals surface area (Å²) in [6, 6.07) is 0. The van der Waals surface area contributed by atoms with Gasteiger partial charge in [0, 0.05) is 19.4 Å². The molecule has 1 aliphatic carbocycles. The van der Waals surface area contributed by atoms with Gasteiger partial charge in [-0.25, -0.2) is 0 Å². The van der Waals surface area contributed by atoms with Crippen LogP contribution in [0.15, 0.2) is 10.7 Å². The molecule has 0 bridgehead atoms. The molecule has 0 radical (unpaired) electrons. The molecule has 1 unspecified atom stereocenters. The number of halogens is 3. The molecule has 0 aromatic carbocycles. The van der Waals surface area contributed by atoms with Crippen LogP contribution in [-0.2, 0) is 11.2 Å². The van der Waals surface area contributed by atoms with Crippen molar-refractivity contribution in [3.05, 3.63) is 23.2 Å². The second kappa shape index (κ2) is 5.59. The lowest BCUT2D eigenvalue weighted by Crippen LogP contribution is -2.65. The third-order valence-corrected chi connectivity index (χ3v) is 4.64. The lowest BCUT2D eigenvalue weighted by Gasteiger charge is -2.48. The van der Waals surface area contributed by atoms with Crippen molar-refractivity contribution in [1.29, 1.82) is 0 Å². The molecule has 3 rings (SSSR count). The van der Waals surface area contributed by atoms with Crippen LogP contribution in [-0.4, -0.2) is 47.1 Å². The van der Waals surface area contributed by atoms with Crippen LogP contribution in [0.2, 0.25) is 0 Å². The van der Waals surface area contributed by atoms with Crippen molar-refractivity contribution in [3.8, 4) is 0 Å². The fourth-order valence-electron chi connectivity index (χ4n) is 3.60. The molecule has 8 heteroatoms. The Morgan fingerprint density at radius 1 is 1.20 bits per heavy atom. The Bertz CT molecular complexity index is 722. The van der Waals surface area contributed by atoms with Gasteiger partial charge in [-0.1, -0.05) is 0 Å². The van der Waals surface area contributed by atoms with Crippen LogP contribution in [0.1, 0.15) is 60.1 Å². The highest BCUT2D eigenvalue weighted by Crippen LogP contribution is 2.41. The Hall–Kier alpha value is -1.83. The number of ether oxygens (including phenoxy) is 1. The lowest BCUT2D eigenvalue weighted by atomic mass is 9.92. The van der Waals surface area contributed by atoms with E-state index >= 15 is 0 Å². The number of fused-ring (bicyclic) bond motifs is 1. The molecule has 0 N–H and O–H groups in total. The van der Waals surface area contributed by atoms with E-state index in [1.807, 2.05) is 0 Å². The number of furan rings is 1. The number of aryl methyl sites for hydroxylation is 1. The minimum Gasteiger partial charge on any atom is -0.468 e. The predicted octanol–water partition coefficient (Wildman–Crippen LogP) is 3.37. The van der Waals surface area contributed by atoms with E-state index in [0.717, 1.165) is 11.8 Å². The Labute approximate surface area is 143 Å². The highest BCUT2D eigenvalue weighted by Gasteiger charge is 2.59. The first-order valence-electron chi connectivity index (χ1n) is 8.13. The Kier molecular flexibility index (Phi) is 4.02. The number of carbonyl (C=O) groups is 2. The van der Waals surface area contributed by atoms with Gasteiger partial charge in [-0.05, 0) is 27.2 Å². The van der Waals surface area contributed by atoms with Gasteiger partial charge in [0.25, 0.3) is 5.91 Å². The number of rotatable bonds is 1. The fourth-order valence-corrected chi connectivity index (χ4v) is 3.60. The number of alkyl halides is 3. The fraction of sp³-hybridized carbons (Fsp3) is 0.647. The summed E-state index contributed by atoms with van der Waals surface area (Å²) in [5, 5.41) is 0. The summed E-state index contributed by atoms with van der Waals surface area (Å²) >= 11 is 0. The van der Waals surface area contributed by atoms with Crippen LogP contribution in [0.25, 0.3) is 0 Å². The average Bonchev–Trinajstić information content (AvgIpc) is 2.88. The van der Waals surface area contributed by atoms with Gasteiger partial charge in [0.05, 0.1) is 23.3 Å². The van der Waals surface area contributed by atoms with E-state index in [1.165, 1.54) is 20.1 Å². The minimum atomic E-state index is -4.63. The second-order valence-corrected chi connectivity index (χ2v) is 7.48. The molecule has 25 heavy (non-hydrogen) atoms. The molecular formula is C17H20F3NO4. The maximum atomic E-state index is 13.4. The first kappa shape index (κ1) is 18.0. The number of hydrogen-bond donors (Lipinski definition) is 0. The molecule has 2 heterocycles. The predicted molar refractivity (Wildman–Crippen MR) is 81.5 cm³/mol. The normalized spacial score (nSPS) is 26.5. The van der Waals surface area contributed by atoms with Gasteiger partial charge in [0.1, 0.15) is 12.0 Å². The van der Waals surface area contributed by atoms with Crippen molar-refractivity contribution in [2.45, 2.75) is 57.4 Å². The molecule has 138 valence electrons. The van der Waals surface area contributed by atoms with Crippen molar-refractivity contribution in [3.63, 3.8) is 0 Å². The largest absolute Gasteiger partial charge is 0.468 e. The number of morpholine rings is 1. The molecule has 0 saturated carbocycles. The van der Waals surface area contributed by atoms with Crippen LogP contribution >= 0.6 is 0 Å². The third kappa shape index (κ3) is 3.07. The highest BCUT2D eigenvalue weighted by molar-refractivity contribution is 6.09. The molecule has 1 aromatic rings. The van der Waals surface area contributed by atoms with Gasteiger partial charge in [-0.2, -0.15) is 13.2 Å². The zero-order chi connectivity index (χ0) is 18.6. The average molecular weight is 359 g/mol. The van der Waals surface area contributed by atoms with Gasteiger partial charge >= 0.3 is 6.18 Å². The summed E-state index contributed by atoms with van der Waals surface area (Å²) in [4.78, 5) is 26.1. The maximum absolute atomic E-state index is 13.4. The Morgan fingerprint density at radius 3 is 2.52 bits per heavy atom. The van der Waals surface area contributed by atoms with E-state index in [1.54, 1.807) is 0 Å². The summed E-state index contributed by atoms with van der Waals surface area (Å²) in [6.07, 6.45) is -1.95. The summed E-state index contributed by atoms with van der Waals surface area (Å²) in [5.41, 5.74) is -3.39. The van der Waals surface area contributed by atoms with Gasteiger partial charge in [-0.15, -0.1) is 0 Å². The quantitative estimate of drug-likeness (QED) is 0.771. The SMILES string of the molecule is CC1(C)CN(C(=O)c2coc3c2C(=O)CCC3)CC(C)(C(F)(F)F)O1. The van der Waals surface area contributed by atoms with Crippen LogP contribution in [0.4, 0.5) is 13.2 Å². The number of hydrogen-bond acceptors (Lipinski definition) is 4. The lowest BCUT2D eigenvalue weighted by molar-refractivity contribution is -0.318. The van der Waals surface area contributed by atoms with Crippen molar-refractivity contribution >= 4 is 11.7 Å². The van der Waals surface area contributed by atoms with E-state index in [4.69, 9.17) is 9.15 Å². The molecule has 1 atom stereocenters. The summed E-state index contributed by atoms with van der Waals surface area (Å²) < 4.78 is 50.9. The number of amides is 1. The van der Waals surface area contributed by atoms with Crippen molar-refractivity contribution < 1.29 is 31.9 Å². The molecule has 1 amide bonds. The first-order chi connectivity index (χ1) is 11.4. The first-order valence-corrected chi connectivity index (χ1v) is 8.13. The Morgan fingerprint density at radius 2 is 1.88 bits per heavy atom. The van der Waals surface area contributed by atoms with E-state index in [-0.39, 0.29) is 23.5 Å². The number of Topliss-reactive ketones (excluding diaryl/α,β-unsaturated/α-hetero) is 1. The van der Waals surface area contributed by atoms with Crippen molar-refractivity contribution in [2.75, 3.05) is 13.1 Å². The molecule has 1 fully saturated rings. The van der Waals surface area contributed by atoms with E-state index in [9.17, 15) is 22.8 Å². The topological polar surface area (TPSA) is 59.8 Å². The third-order valence-electron chi connectivity index (χ3n) is 4.64. The molecule has 1 aromatic heterocycles. The highest BCUT2D eigenvalue weighted by atomic mass is 19.4. The molecule has 2 aliphatic rings. The van der Waals surface area contributed by atoms with E-state index in [0.29, 0.717) is 25.0 Å². The van der Waals surface area contributed by atoms with Crippen LogP contribution in [0.5, 0.6) is 0 Å². The van der Waals surface area contributed by atoms with Gasteiger partial charge in [0.15, 0.2) is 11.4 Å². The van der Waals surface area contributed by atoms with Crippen LogP contribution in [0, 0.1) is 0 Å². The van der Waals surface area contributed by atoms with Gasteiger partial charge < -0.3 is 14.1 Å². The molecular weight excluding hydrogens is 339 g/mol. The maximum Gasteiger partial charge on any atom is 0.418 e. The molecule has 5 nitrogen and oxygen atoms in total. The van der Waals surface area contributed by atoms with Crippen LogP contribution in [0.3, 0.4) is 0 Å². The minimum absolute atomic E-state index is 0.00829. The molecule has 1 saturated heterocycles. The zero-order valence-electron chi connectivity index (χ0n) is 14.3. The van der Waals surface area contributed by atoms with E-state index in [2.05, 4.69) is 0 Å². The summed E-state index contributed by atoms with van der Waals surface area (Å²) in [7, 11) is 0. The molecule has 0 spiro atoms. The standard InChI is InChI=1S/C17H20F3NO4/c1-15(2)8-21(9-16(3,25-15)17(18,19)20)14(23)10-7-24-12-6-4-5-11(22)13(10)12/h7H,4-6,8-9H2,1-3H3. The van der Waals surface area contributed by atoms with Crippen molar-refractivity contribution in [2.24, 2.45) is 0 Å². The van der Waals surface area contributed by atoms with Crippen LogP contribution < -0.4 is 0 Å². The molecule has 1 aliphatic heterocycles. The van der Waals surface area contributed by atoms with Gasteiger partial charge in [0.2, 0.25) is 0 Å². The zero-order valence-corrected chi connectivity index (χ0v) is 14.3. The number of ketones is 1. The summed E-state index contributed by atoms with van der Waals surface area (Å²) in [5.74, 6) is -0.401. The number of carbonyl (C=O) groups excluding carboxylic acids is 2.